The molecule has 5 aromatic rings. The highest BCUT2D eigenvalue weighted by atomic mass is 35.5. The van der Waals surface area contributed by atoms with E-state index in [1.54, 1.807) is 37.3 Å². The number of nitrogens with zero attached hydrogens (tertiary/aromatic N) is 2. The van der Waals surface area contributed by atoms with Crippen molar-refractivity contribution in [1.29, 1.82) is 0 Å². The van der Waals surface area contributed by atoms with Crippen LogP contribution in [0.15, 0.2) is 86.9 Å². The number of carbonyl (C=O) groups is 4. The van der Waals surface area contributed by atoms with Gasteiger partial charge in [-0.15, -0.1) is 0 Å². The van der Waals surface area contributed by atoms with Crippen LogP contribution < -0.4 is 25.0 Å². The highest BCUT2D eigenvalue weighted by molar-refractivity contribution is 7.89. The molecule has 1 aromatic heterocycles. The van der Waals surface area contributed by atoms with E-state index < -0.39 is 50.9 Å². The van der Waals surface area contributed by atoms with Crippen molar-refractivity contribution < 1.29 is 69.6 Å². The Hall–Kier alpha value is -6.26. The predicted molar refractivity (Wildman–Crippen MR) is 246 cm³/mol. The minimum Gasteiger partial charge on any atom is -0.493 e. The number of morpholine rings is 1. The van der Waals surface area contributed by atoms with Gasteiger partial charge in [0.1, 0.15) is 53.7 Å². The summed E-state index contributed by atoms with van der Waals surface area (Å²) < 4.78 is 88.8. The first-order chi connectivity index (χ1) is 33.3. The van der Waals surface area contributed by atoms with Crippen molar-refractivity contribution in [3.8, 4) is 39.7 Å². The Morgan fingerprint density at radius 2 is 1.43 bits per heavy atom. The van der Waals surface area contributed by atoms with Gasteiger partial charge < -0.3 is 37.6 Å². The molecule has 0 saturated carbocycles. The van der Waals surface area contributed by atoms with Crippen LogP contribution in [0.5, 0.6) is 17.2 Å². The summed E-state index contributed by atoms with van der Waals surface area (Å²) in [5.41, 5.74) is 0.653. The lowest BCUT2D eigenvalue weighted by Crippen LogP contribution is -2.54. The van der Waals surface area contributed by atoms with Gasteiger partial charge in [0, 0.05) is 48.3 Å². The van der Waals surface area contributed by atoms with E-state index in [1.165, 1.54) is 40.7 Å². The average Bonchev–Trinajstić information content (AvgIpc) is 3.59. The highest BCUT2D eigenvalue weighted by Crippen LogP contribution is 2.39. The van der Waals surface area contributed by atoms with E-state index in [1.807, 2.05) is 0 Å². The minimum atomic E-state index is -3.95. The van der Waals surface area contributed by atoms with Crippen molar-refractivity contribution in [1.82, 2.24) is 14.5 Å². The molecular weight excluding hydrogens is 945 g/mol. The Morgan fingerprint density at radius 1 is 0.739 bits per heavy atom. The summed E-state index contributed by atoms with van der Waals surface area (Å²) in [4.78, 5) is 64.3. The second-order valence-corrected chi connectivity index (χ2v) is 18.1. The standard InChI is InChI=1S/C48H47ClFN3O15S/c1-2-65-41-28-43-35(26-34(41)31-9-7-30(25-37(31)50)69(59,60)52-12-14-61-15-13-52)39(54)27-42(68-43)32-8-6-29(24-36(32)49)66-22-20-63-18-16-62-17-19-64-21-23-67-40-5-3-4-33-45(40)48(58)53(47(33)57)38-10-11-44(55)51-46(38)56/h3-9,24-28,38H,2,10-23H2,1H3,(H,51,55,56). The van der Waals surface area contributed by atoms with Crippen LogP contribution in [0.4, 0.5) is 4.39 Å². The second kappa shape index (κ2) is 22.0. The van der Waals surface area contributed by atoms with Crippen molar-refractivity contribution in [2.45, 2.75) is 30.7 Å². The van der Waals surface area contributed by atoms with Gasteiger partial charge in [-0.2, -0.15) is 4.31 Å². The SMILES string of the molecule is CCOc1cc2oc(-c3ccc(OCCOCCOCCOCCOc4cccc5c4C(=O)N(C4CCC(=O)NC4=O)C5=O)cc3Cl)cc(=O)c2cc1-c1ccc(S(=O)(=O)N2CCOCC2)cc1F. The first kappa shape index (κ1) is 49.2. The van der Waals surface area contributed by atoms with Gasteiger partial charge in [0.25, 0.3) is 11.8 Å². The number of amides is 4. The molecule has 4 aromatic carbocycles. The minimum absolute atomic E-state index is 0.0236. The molecule has 2 fully saturated rings. The molecule has 1 atom stereocenters. The molecule has 8 rings (SSSR count). The maximum absolute atomic E-state index is 15.7. The van der Waals surface area contributed by atoms with Crippen molar-refractivity contribution >= 4 is 56.2 Å². The molecule has 4 heterocycles. The van der Waals surface area contributed by atoms with Crippen LogP contribution in [0.3, 0.4) is 0 Å². The Labute approximate surface area is 400 Å². The third kappa shape index (κ3) is 11.0. The molecule has 3 aliphatic heterocycles. The summed E-state index contributed by atoms with van der Waals surface area (Å²) in [7, 11) is -3.95. The first-order valence-corrected chi connectivity index (χ1v) is 23.9. The lowest BCUT2D eigenvalue weighted by Gasteiger charge is -2.27. The summed E-state index contributed by atoms with van der Waals surface area (Å²) >= 11 is 6.64. The quantitative estimate of drug-likeness (QED) is 0.0734. The number of ether oxygens (including phenoxy) is 7. The van der Waals surface area contributed by atoms with Gasteiger partial charge in [-0.05, 0) is 67.9 Å². The van der Waals surface area contributed by atoms with E-state index in [-0.39, 0.29) is 146 Å². The molecule has 69 heavy (non-hydrogen) atoms. The van der Waals surface area contributed by atoms with Crippen LogP contribution in [0.1, 0.15) is 40.5 Å². The zero-order valence-corrected chi connectivity index (χ0v) is 38.9. The molecule has 0 radical (unpaired) electrons. The van der Waals surface area contributed by atoms with Crippen LogP contribution in [0.2, 0.25) is 5.02 Å². The van der Waals surface area contributed by atoms with Gasteiger partial charge in [0.15, 0.2) is 5.43 Å². The van der Waals surface area contributed by atoms with E-state index in [0.717, 1.165) is 11.0 Å². The monoisotopic (exact) mass is 991 g/mol. The molecule has 1 unspecified atom stereocenters. The van der Waals surface area contributed by atoms with Crippen LogP contribution in [0, 0.1) is 5.82 Å². The number of piperidine rings is 1. The van der Waals surface area contributed by atoms with Crippen LogP contribution in [-0.2, 0) is 38.6 Å². The predicted octanol–water partition coefficient (Wildman–Crippen LogP) is 5.25. The Morgan fingerprint density at radius 3 is 2.12 bits per heavy atom. The first-order valence-electron chi connectivity index (χ1n) is 22.1. The van der Waals surface area contributed by atoms with E-state index in [4.69, 9.17) is 49.2 Å². The molecule has 3 aliphatic rings. The number of carbonyl (C=O) groups excluding carboxylic acids is 4. The van der Waals surface area contributed by atoms with E-state index in [9.17, 15) is 32.4 Å². The van der Waals surface area contributed by atoms with E-state index in [0.29, 0.717) is 24.5 Å². The Bertz CT molecular complexity index is 2940. The number of fused-ring (bicyclic) bond motifs is 2. The lowest BCUT2D eigenvalue weighted by atomic mass is 10.0. The topological polar surface area (TPSA) is 216 Å². The zero-order chi connectivity index (χ0) is 48.7. The largest absolute Gasteiger partial charge is 0.493 e. The van der Waals surface area contributed by atoms with Gasteiger partial charge in [-0.25, -0.2) is 12.8 Å². The van der Waals surface area contributed by atoms with Gasteiger partial charge in [0.2, 0.25) is 21.8 Å². The smallest absolute Gasteiger partial charge is 0.266 e. The number of hydrogen-bond acceptors (Lipinski definition) is 15. The van der Waals surface area contributed by atoms with Gasteiger partial charge in [0.05, 0.1) is 85.9 Å². The lowest BCUT2D eigenvalue weighted by molar-refractivity contribution is -0.136. The van der Waals surface area contributed by atoms with Crippen molar-refractivity contribution in [3.05, 3.63) is 105 Å². The van der Waals surface area contributed by atoms with Crippen molar-refractivity contribution in [3.63, 3.8) is 0 Å². The maximum atomic E-state index is 15.7. The average molecular weight is 992 g/mol. The highest BCUT2D eigenvalue weighted by Gasteiger charge is 2.46. The second-order valence-electron chi connectivity index (χ2n) is 15.7. The number of nitrogens with one attached hydrogen (secondary N) is 1. The third-order valence-electron chi connectivity index (χ3n) is 11.3. The van der Waals surface area contributed by atoms with Crippen molar-refractivity contribution in [2.24, 2.45) is 0 Å². The van der Waals surface area contributed by atoms with Gasteiger partial charge >= 0.3 is 0 Å². The molecule has 21 heteroatoms. The molecule has 0 bridgehead atoms. The fraction of sp³-hybridized carbons (Fsp3) is 0.354. The van der Waals surface area contributed by atoms with Crippen LogP contribution >= 0.6 is 11.6 Å². The summed E-state index contributed by atoms with van der Waals surface area (Å²) in [5.74, 6) is -2.17. The van der Waals surface area contributed by atoms with Gasteiger partial charge in [-0.1, -0.05) is 17.7 Å². The number of sulfonamides is 1. The molecule has 364 valence electrons. The Kier molecular flexibility index (Phi) is 15.7. The number of imide groups is 2. The van der Waals surface area contributed by atoms with E-state index >= 15 is 4.39 Å². The molecule has 0 spiro atoms. The summed E-state index contributed by atoms with van der Waals surface area (Å²) in [6.45, 7) is 4.66. The molecule has 4 amide bonds. The fourth-order valence-corrected chi connectivity index (χ4v) is 9.66. The maximum Gasteiger partial charge on any atom is 0.266 e. The number of hydrogen-bond donors (Lipinski definition) is 1. The Balaban J connectivity index is 0.761. The number of benzene rings is 4. The third-order valence-corrected chi connectivity index (χ3v) is 13.5. The summed E-state index contributed by atoms with van der Waals surface area (Å²) in [6.07, 6.45) is 0.0785. The fourth-order valence-electron chi connectivity index (χ4n) is 7.97. The normalized spacial score (nSPS) is 16.5. The van der Waals surface area contributed by atoms with Crippen LogP contribution in [-0.4, -0.2) is 133 Å². The molecular formula is C48H47ClFN3O15S. The van der Waals surface area contributed by atoms with Gasteiger partial charge in [-0.3, -0.25) is 34.2 Å². The molecule has 1 N–H and O–H groups in total. The number of rotatable bonds is 21. The molecule has 2 saturated heterocycles. The summed E-state index contributed by atoms with van der Waals surface area (Å²) in [5, 5.41) is 2.57. The summed E-state index contributed by atoms with van der Waals surface area (Å²) in [6, 6.07) is 16.4. The molecule has 0 aliphatic carbocycles. The van der Waals surface area contributed by atoms with Crippen LogP contribution in [0.25, 0.3) is 33.4 Å². The zero-order valence-electron chi connectivity index (χ0n) is 37.3. The number of halogens is 2. The van der Waals surface area contributed by atoms with E-state index in [2.05, 4.69) is 5.32 Å². The van der Waals surface area contributed by atoms with Crippen molar-refractivity contribution in [2.75, 3.05) is 85.8 Å². The molecule has 18 nitrogen and oxygen atoms in total.